The molecule has 3 N–H and O–H groups in total. The molecule has 0 radical (unpaired) electrons. The van der Waals surface area contributed by atoms with E-state index in [4.69, 9.17) is 30.6 Å². The maximum absolute atomic E-state index is 14.9. The second-order valence-electron chi connectivity index (χ2n) is 17.5. The van der Waals surface area contributed by atoms with E-state index in [9.17, 15) is 43.3 Å². The van der Waals surface area contributed by atoms with Crippen LogP contribution in [0, 0.1) is 23.7 Å². The van der Waals surface area contributed by atoms with Crippen molar-refractivity contribution in [3.05, 3.63) is 52.1 Å². The number of rotatable bonds is 5. The summed E-state index contributed by atoms with van der Waals surface area (Å²) in [5.41, 5.74) is -10.2. The Labute approximate surface area is 324 Å². The van der Waals surface area contributed by atoms with E-state index in [-0.39, 0.29) is 40.3 Å². The zero-order chi connectivity index (χ0) is 41.6. The fraction of sp³-hybridized carbons (Fsp3) is 0.641. The van der Waals surface area contributed by atoms with E-state index in [1.165, 1.54) is 71.0 Å². The average Bonchev–Trinajstić information content (AvgIpc) is 3.30. The molecule has 2 aliphatic heterocycles. The van der Waals surface area contributed by atoms with E-state index in [0.717, 1.165) is 6.92 Å². The highest BCUT2D eigenvalue weighted by molar-refractivity contribution is 6.33. The van der Waals surface area contributed by atoms with Gasteiger partial charge in [0.1, 0.15) is 17.2 Å². The van der Waals surface area contributed by atoms with Crippen molar-refractivity contribution in [2.45, 2.75) is 129 Å². The minimum atomic E-state index is -2.84. The molecule has 1 amide bonds. The summed E-state index contributed by atoms with van der Waals surface area (Å²) in [6.07, 6.45) is -7.57. The number of hydroxylamine groups is 1. The first-order chi connectivity index (χ1) is 25.2. The van der Waals surface area contributed by atoms with Crippen LogP contribution in [0.4, 0.5) is 24.1 Å². The Bertz CT molecular complexity index is 1850. The fourth-order valence-electron chi connectivity index (χ4n) is 10.4. The van der Waals surface area contributed by atoms with E-state index in [0.29, 0.717) is 0 Å². The number of hydrogen-bond acceptors (Lipinski definition) is 10. The minimum absolute atomic E-state index is 0.0873. The molecule has 1 aromatic rings. The van der Waals surface area contributed by atoms with Crippen molar-refractivity contribution in [1.82, 2.24) is 0 Å². The number of carboxylic acids is 1. The fourth-order valence-corrected chi connectivity index (χ4v) is 10.7. The number of aliphatic hydroxyl groups is 1. The Morgan fingerprint density at radius 3 is 2.18 bits per heavy atom. The van der Waals surface area contributed by atoms with Crippen LogP contribution in [-0.4, -0.2) is 85.6 Å². The molecular formula is C39H52ClF2N2O11+. The summed E-state index contributed by atoms with van der Waals surface area (Å²) in [4.78, 5) is 63.0. The molecule has 5 rings (SSSR count). The zero-order valence-electron chi connectivity index (χ0n) is 33.0. The van der Waals surface area contributed by atoms with Gasteiger partial charge in [0.05, 0.1) is 28.6 Å². The third kappa shape index (κ3) is 6.02. The SMILES string of the molecule is CC(=O)O[C@H]1C(C)=C[C@H]2[C@H](C(C)=C(F)F)CC[C@H](C)[C@@]2(O)[C@@H]1[C@]1(C(=O)O)C[C@@]2(OC(=O)OC(C)(C)C)c3cccc(Cl)c3N(C)O[C@H]2[N+]1(C(=O)O)C(C)(C)C. The highest BCUT2D eigenvalue weighted by Crippen LogP contribution is 2.69. The van der Waals surface area contributed by atoms with Gasteiger partial charge >= 0.3 is 24.2 Å². The van der Waals surface area contributed by atoms with Gasteiger partial charge in [0.2, 0.25) is 11.1 Å². The van der Waals surface area contributed by atoms with Gasteiger partial charge in [0, 0.05) is 25.5 Å². The van der Waals surface area contributed by atoms with Gasteiger partial charge in [-0.15, -0.1) is 0 Å². The first kappa shape index (κ1) is 42.4. The van der Waals surface area contributed by atoms with Crippen molar-refractivity contribution in [1.29, 1.82) is 0 Å². The quantitative estimate of drug-likeness (QED) is 0.151. The summed E-state index contributed by atoms with van der Waals surface area (Å²) < 4.78 is 45.2. The van der Waals surface area contributed by atoms with Gasteiger partial charge in [-0.3, -0.25) is 4.79 Å². The first-order valence-corrected chi connectivity index (χ1v) is 18.6. The highest BCUT2D eigenvalue weighted by Gasteiger charge is 2.90. The average molecular weight is 798 g/mol. The van der Waals surface area contributed by atoms with Crippen LogP contribution in [0.25, 0.3) is 0 Å². The van der Waals surface area contributed by atoms with Gasteiger partial charge in [-0.2, -0.15) is 18.1 Å². The summed E-state index contributed by atoms with van der Waals surface area (Å²) in [6.45, 7) is 14.7. The Hall–Kier alpha value is -3.79. The number of ether oxygens (including phenoxy) is 3. The summed E-state index contributed by atoms with van der Waals surface area (Å²) in [5, 5.41) is 38.8. The lowest BCUT2D eigenvalue weighted by Gasteiger charge is -2.62. The Balaban J connectivity index is 2.02. The normalized spacial score (nSPS) is 35.7. The summed E-state index contributed by atoms with van der Waals surface area (Å²) >= 11 is 6.74. The molecule has 304 valence electrons. The number of fused-ring (bicyclic) bond motifs is 4. The predicted octanol–water partition coefficient (Wildman–Crippen LogP) is 7.79. The number of allylic oxidation sites excluding steroid dienone is 1. The number of halogens is 3. The molecule has 4 aliphatic rings. The lowest BCUT2D eigenvalue weighted by molar-refractivity contribution is -0.979. The zero-order valence-corrected chi connectivity index (χ0v) is 33.8. The van der Waals surface area contributed by atoms with Gasteiger partial charge in [-0.05, 0) is 97.3 Å². The van der Waals surface area contributed by atoms with Crippen molar-refractivity contribution in [3.8, 4) is 0 Å². The van der Waals surface area contributed by atoms with Crippen molar-refractivity contribution in [3.63, 3.8) is 0 Å². The molecule has 2 heterocycles. The highest BCUT2D eigenvalue weighted by atomic mass is 35.5. The van der Waals surface area contributed by atoms with Crippen LogP contribution in [-0.2, 0) is 34.2 Å². The molecule has 0 spiro atoms. The number of carbonyl (C=O) groups excluding carboxylic acids is 2. The number of likely N-dealkylation sites (tertiary alicyclic amines) is 1. The molecule has 0 bridgehead atoms. The van der Waals surface area contributed by atoms with E-state index in [1.54, 1.807) is 27.7 Å². The van der Waals surface area contributed by atoms with Crippen LogP contribution < -0.4 is 5.06 Å². The van der Waals surface area contributed by atoms with Gasteiger partial charge in [-0.1, -0.05) is 36.7 Å². The molecule has 2 fully saturated rings. The molecule has 13 nitrogen and oxygen atoms in total. The molecule has 1 aromatic carbocycles. The van der Waals surface area contributed by atoms with E-state index < -0.39 is 105 Å². The van der Waals surface area contributed by atoms with Crippen LogP contribution in [0.15, 0.2) is 41.5 Å². The first-order valence-electron chi connectivity index (χ1n) is 18.2. The van der Waals surface area contributed by atoms with E-state index >= 15 is 0 Å². The number of carboxylic acid groups (broad SMARTS) is 2. The Morgan fingerprint density at radius 1 is 1.05 bits per heavy atom. The summed E-state index contributed by atoms with van der Waals surface area (Å²) in [6, 6.07) is 4.56. The standard InChI is InChI=1S/C39H51ClF2N2O11/c1-19-17-25-23(21(3)30(41)42)16-15-20(2)39(25,51)29(28(19)52-22(4)45)37(32(46)47)18-38(54-34(50)53-36(8,9)10)24-13-12-14-26(40)27(24)43(11)55-31(38)44(37,33(48)49)35(5,6)7/h12-14,17,20,23,25,28-29,31,51H,15-16,18H2,1-11H3,(H-,46,47,48,49)/p+1/t20-,23-,25-,28-,29-,31+,37-,38+,39-,44?/m0/s1. The number of benzene rings is 1. The molecule has 55 heavy (non-hydrogen) atoms. The van der Waals surface area contributed by atoms with Crippen molar-refractivity contribution in [2.75, 3.05) is 12.1 Å². The summed E-state index contributed by atoms with van der Waals surface area (Å²) in [5.74, 6) is -7.59. The number of anilines is 1. The Morgan fingerprint density at radius 2 is 1.67 bits per heavy atom. The monoisotopic (exact) mass is 797 g/mol. The van der Waals surface area contributed by atoms with Crippen molar-refractivity contribution < 1.29 is 66.8 Å². The van der Waals surface area contributed by atoms with Gasteiger partial charge in [0.15, 0.2) is 0 Å². The number of amides is 1. The number of hydrogen-bond donors (Lipinski definition) is 3. The minimum Gasteiger partial charge on any atom is -0.477 e. The predicted molar refractivity (Wildman–Crippen MR) is 195 cm³/mol. The Kier molecular flexibility index (Phi) is 10.5. The van der Waals surface area contributed by atoms with Crippen LogP contribution in [0.3, 0.4) is 0 Å². The molecule has 16 heteroatoms. The molecule has 10 atom stereocenters. The topological polar surface area (TPSA) is 169 Å². The summed E-state index contributed by atoms with van der Waals surface area (Å²) in [7, 11) is 1.44. The lowest BCUT2D eigenvalue weighted by atomic mass is 9.49. The number of carbonyl (C=O) groups is 4. The van der Waals surface area contributed by atoms with Crippen molar-refractivity contribution >= 4 is 41.5 Å². The molecule has 1 saturated heterocycles. The van der Waals surface area contributed by atoms with Gasteiger partial charge in [0.25, 0.3) is 12.3 Å². The van der Waals surface area contributed by atoms with Gasteiger partial charge in [-0.25, -0.2) is 19.5 Å². The number of nitrogens with zero attached hydrogens (tertiary/aromatic N) is 2. The van der Waals surface area contributed by atoms with E-state index in [1.807, 2.05) is 0 Å². The van der Waals surface area contributed by atoms with Crippen LogP contribution in [0.5, 0.6) is 0 Å². The maximum Gasteiger partial charge on any atom is 0.517 e. The number of para-hydroxylation sites is 1. The number of aliphatic carboxylic acids is 1. The largest absolute Gasteiger partial charge is 0.517 e. The molecule has 0 aromatic heterocycles. The molecular weight excluding hydrogens is 746 g/mol. The van der Waals surface area contributed by atoms with Crippen molar-refractivity contribution in [2.24, 2.45) is 23.7 Å². The van der Waals surface area contributed by atoms with Crippen LogP contribution in [0.1, 0.15) is 94.1 Å². The molecule has 2 aliphatic carbocycles. The third-order valence-electron chi connectivity index (χ3n) is 12.3. The second kappa shape index (κ2) is 13.7. The smallest absolute Gasteiger partial charge is 0.477 e. The van der Waals surface area contributed by atoms with Gasteiger partial charge < -0.3 is 29.5 Å². The number of esters is 1. The van der Waals surface area contributed by atoms with E-state index in [2.05, 4.69) is 0 Å². The van der Waals surface area contributed by atoms with Crippen LogP contribution >= 0.6 is 11.6 Å². The maximum atomic E-state index is 14.9. The molecule has 1 unspecified atom stereocenters. The number of quaternary nitrogens is 1. The third-order valence-corrected chi connectivity index (χ3v) is 12.6. The molecule has 1 saturated carbocycles. The second-order valence-corrected chi connectivity index (χ2v) is 17.9. The lowest BCUT2D eigenvalue weighted by Crippen LogP contribution is -2.84. The van der Waals surface area contributed by atoms with Crippen LogP contribution in [0.2, 0.25) is 5.02 Å².